The fraction of sp³-hybridized carbons (Fsp3) is 0.833. The lowest BCUT2D eigenvalue weighted by molar-refractivity contribution is -0.152. The van der Waals surface area contributed by atoms with Gasteiger partial charge in [-0.05, 0) is 37.5 Å². The zero-order valence-electron chi connectivity index (χ0n) is 9.32. The van der Waals surface area contributed by atoms with E-state index in [0.717, 1.165) is 32.1 Å². The van der Waals surface area contributed by atoms with Crippen LogP contribution in [0.1, 0.15) is 44.9 Å². The number of hydrogen-bond acceptors (Lipinski definition) is 2. The van der Waals surface area contributed by atoms with Gasteiger partial charge in [-0.25, -0.2) is 0 Å². The van der Waals surface area contributed by atoms with E-state index in [1.807, 2.05) is 0 Å². The van der Waals surface area contributed by atoms with Crippen LogP contribution >= 0.6 is 0 Å². The second kappa shape index (κ2) is 4.07. The standard InChI is InChI=1S/C12H18O4/c13-10(14)8-3-1-5-12(7-8)6-2-4-9(12)11(15)16/h8-9H,1-7H2,(H,13,14)(H,15,16)/t8-,9-,12-/m1/s1. The molecule has 3 atom stereocenters. The minimum atomic E-state index is -0.755. The maximum absolute atomic E-state index is 11.2. The molecule has 2 aliphatic carbocycles. The maximum Gasteiger partial charge on any atom is 0.307 e. The number of carboxylic acids is 2. The zero-order chi connectivity index (χ0) is 11.8. The number of aliphatic carboxylic acids is 2. The summed E-state index contributed by atoms with van der Waals surface area (Å²) < 4.78 is 0. The monoisotopic (exact) mass is 226 g/mol. The maximum atomic E-state index is 11.2. The van der Waals surface area contributed by atoms with Crippen LogP contribution in [0.25, 0.3) is 0 Å². The molecular weight excluding hydrogens is 208 g/mol. The summed E-state index contributed by atoms with van der Waals surface area (Å²) in [6.07, 6.45) is 5.59. The van der Waals surface area contributed by atoms with Crippen molar-refractivity contribution in [1.82, 2.24) is 0 Å². The molecule has 2 aliphatic rings. The molecule has 0 unspecified atom stereocenters. The second-order valence-electron chi connectivity index (χ2n) is 5.28. The van der Waals surface area contributed by atoms with E-state index in [-0.39, 0.29) is 17.3 Å². The van der Waals surface area contributed by atoms with Crippen LogP contribution in [0, 0.1) is 17.3 Å². The number of hydrogen-bond donors (Lipinski definition) is 2. The molecule has 0 heterocycles. The van der Waals surface area contributed by atoms with Gasteiger partial charge in [0.25, 0.3) is 0 Å². The van der Waals surface area contributed by atoms with Gasteiger partial charge in [0, 0.05) is 0 Å². The molecular formula is C12H18O4. The average Bonchev–Trinajstić information content (AvgIpc) is 2.61. The molecule has 2 rings (SSSR count). The van der Waals surface area contributed by atoms with Gasteiger partial charge >= 0.3 is 11.9 Å². The van der Waals surface area contributed by atoms with Gasteiger partial charge in [0.05, 0.1) is 11.8 Å². The van der Waals surface area contributed by atoms with E-state index >= 15 is 0 Å². The summed E-state index contributed by atoms with van der Waals surface area (Å²) >= 11 is 0. The minimum absolute atomic E-state index is 0.215. The highest BCUT2D eigenvalue weighted by atomic mass is 16.4. The van der Waals surface area contributed by atoms with E-state index in [1.54, 1.807) is 0 Å². The molecule has 2 N–H and O–H groups in total. The molecule has 2 saturated carbocycles. The molecule has 0 aromatic heterocycles. The molecule has 1 spiro atoms. The van der Waals surface area contributed by atoms with E-state index in [0.29, 0.717) is 12.8 Å². The molecule has 0 aromatic rings. The van der Waals surface area contributed by atoms with Gasteiger partial charge < -0.3 is 10.2 Å². The van der Waals surface area contributed by atoms with Gasteiger partial charge in [-0.2, -0.15) is 0 Å². The smallest absolute Gasteiger partial charge is 0.307 e. The molecule has 2 fully saturated rings. The average molecular weight is 226 g/mol. The normalized spacial score (nSPS) is 38.8. The van der Waals surface area contributed by atoms with Gasteiger partial charge in [-0.3, -0.25) is 9.59 Å². The van der Waals surface area contributed by atoms with Crippen molar-refractivity contribution in [2.24, 2.45) is 17.3 Å². The quantitative estimate of drug-likeness (QED) is 0.756. The second-order valence-corrected chi connectivity index (χ2v) is 5.28. The van der Waals surface area contributed by atoms with Crippen molar-refractivity contribution in [1.29, 1.82) is 0 Å². The van der Waals surface area contributed by atoms with E-state index in [4.69, 9.17) is 5.11 Å². The summed E-state index contributed by atoms with van der Waals surface area (Å²) in [6.45, 7) is 0. The molecule has 16 heavy (non-hydrogen) atoms. The molecule has 0 bridgehead atoms. The lowest BCUT2D eigenvalue weighted by Crippen LogP contribution is -2.38. The first-order valence-electron chi connectivity index (χ1n) is 6.01. The fourth-order valence-corrected chi connectivity index (χ4v) is 3.67. The van der Waals surface area contributed by atoms with Gasteiger partial charge in [0.1, 0.15) is 0 Å². The van der Waals surface area contributed by atoms with Crippen LogP contribution in [-0.4, -0.2) is 22.2 Å². The first-order chi connectivity index (χ1) is 7.55. The number of carboxylic acid groups (broad SMARTS) is 2. The third-order valence-corrected chi connectivity index (χ3v) is 4.43. The van der Waals surface area contributed by atoms with E-state index < -0.39 is 11.9 Å². The fourth-order valence-electron chi connectivity index (χ4n) is 3.67. The van der Waals surface area contributed by atoms with Crippen molar-refractivity contribution in [3.05, 3.63) is 0 Å². The first kappa shape index (κ1) is 11.4. The summed E-state index contributed by atoms with van der Waals surface area (Å²) in [5, 5.41) is 18.3. The summed E-state index contributed by atoms with van der Waals surface area (Å²) in [6, 6.07) is 0. The molecule has 4 nitrogen and oxygen atoms in total. The van der Waals surface area contributed by atoms with Crippen molar-refractivity contribution >= 4 is 11.9 Å². The van der Waals surface area contributed by atoms with Crippen molar-refractivity contribution in [3.8, 4) is 0 Å². The van der Waals surface area contributed by atoms with Crippen molar-refractivity contribution in [3.63, 3.8) is 0 Å². The molecule has 0 radical (unpaired) electrons. The Balaban J connectivity index is 2.17. The number of rotatable bonds is 2. The van der Waals surface area contributed by atoms with Crippen LogP contribution in [0.4, 0.5) is 0 Å². The van der Waals surface area contributed by atoms with Gasteiger partial charge in [-0.15, -0.1) is 0 Å². The summed E-state index contributed by atoms with van der Waals surface area (Å²) in [4.78, 5) is 22.2. The van der Waals surface area contributed by atoms with Gasteiger partial charge in [0.2, 0.25) is 0 Å². The van der Waals surface area contributed by atoms with Crippen LogP contribution in [0.3, 0.4) is 0 Å². The zero-order valence-corrected chi connectivity index (χ0v) is 9.32. The summed E-state index contributed by atoms with van der Waals surface area (Å²) in [5.74, 6) is -2.12. The third kappa shape index (κ3) is 1.81. The van der Waals surface area contributed by atoms with E-state index in [2.05, 4.69) is 0 Å². The lowest BCUT2D eigenvalue weighted by Gasteiger charge is -2.39. The molecule has 0 aliphatic heterocycles. The molecule has 0 amide bonds. The van der Waals surface area contributed by atoms with E-state index in [1.165, 1.54) is 0 Å². The Morgan fingerprint density at radius 2 is 1.62 bits per heavy atom. The highest BCUT2D eigenvalue weighted by Gasteiger charge is 2.50. The topological polar surface area (TPSA) is 74.6 Å². The Morgan fingerprint density at radius 1 is 1.00 bits per heavy atom. The summed E-state index contributed by atoms with van der Waals surface area (Å²) in [7, 11) is 0. The van der Waals surface area contributed by atoms with Crippen LogP contribution in [0.5, 0.6) is 0 Å². The molecule has 0 aromatic carbocycles. The van der Waals surface area contributed by atoms with Crippen LogP contribution < -0.4 is 0 Å². The Morgan fingerprint density at radius 3 is 2.19 bits per heavy atom. The third-order valence-electron chi connectivity index (χ3n) is 4.43. The van der Waals surface area contributed by atoms with Crippen molar-refractivity contribution in [2.75, 3.05) is 0 Å². The van der Waals surface area contributed by atoms with Gasteiger partial charge in [0.15, 0.2) is 0 Å². The van der Waals surface area contributed by atoms with Crippen molar-refractivity contribution in [2.45, 2.75) is 44.9 Å². The highest BCUT2D eigenvalue weighted by molar-refractivity contribution is 5.73. The minimum Gasteiger partial charge on any atom is -0.481 e. The van der Waals surface area contributed by atoms with Crippen LogP contribution in [0.2, 0.25) is 0 Å². The predicted octanol–water partition coefficient (Wildman–Crippen LogP) is 2.13. The Bertz CT molecular complexity index is 312. The number of carbonyl (C=O) groups is 2. The largest absolute Gasteiger partial charge is 0.481 e. The van der Waals surface area contributed by atoms with Crippen molar-refractivity contribution < 1.29 is 19.8 Å². The summed E-state index contributed by atoms with van der Waals surface area (Å²) in [5.41, 5.74) is -0.215. The Kier molecular flexibility index (Phi) is 2.91. The molecule has 0 saturated heterocycles. The van der Waals surface area contributed by atoms with Crippen LogP contribution in [0.15, 0.2) is 0 Å². The SMILES string of the molecule is O=C(O)[C@@H]1CCC[C@@]2(CCC[C@@H]2C(=O)O)C1. The molecule has 4 heteroatoms. The molecule has 90 valence electrons. The predicted molar refractivity (Wildman–Crippen MR) is 57.0 cm³/mol. The Hall–Kier alpha value is -1.06. The Labute approximate surface area is 94.7 Å². The van der Waals surface area contributed by atoms with Gasteiger partial charge in [-0.1, -0.05) is 12.8 Å². The highest BCUT2D eigenvalue weighted by Crippen LogP contribution is 2.54. The van der Waals surface area contributed by atoms with Crippen LogP contribution in [-0.2, 0) is 9.59 Å². The van der Waals surface area contributed by atoms with E-state index in [9.17, 15) is 14.7 Å². The lowest BCUT2D eigenvalue weighted by atomic mass is 9.64. The first-order valence-corrected chi connectivity index (χ1v) is 6.01.